The summed E-state index contributed by atoms with van der Waals surface area (Å²) in [5, 5.41) is 0. The van der Waals surface area contributed by atoms with Gasteiger partial charge in [-0.15, -0.1) is 0 Å². The second-order valence-electron chi connectivity index (χ2n) is 8.94. The zero-order valence-corrected chi connectivity index (χ0v) is 21.1. The van der Waals surface area contributed by atoms with E-state index in [9.17, 15) is 0 Å². The van der Waals surface area contributed by atoms with E-state index in [1.54, 1.807) is 18.9 Å². The van der Waals surface area contributed by atoms with Crippen LogP contribution in [0.15, 0.2) is 108 Å². The van der Waals surface area contributed by atoms with E-state index in [1.807, 2.05) is 0 Å². The van der Waals surface area contributed by atoms with Crippen molar-refractivity contribution in [3.63, 3.8) is 0 Å². The van der Waals surface area contributed by atoms with Gasteiger partial charge in [-0.05, 0) is 0 Å². The van der Waals surface area contributed by atoms with Gasteiger partial charge in [0.2, 0.25) is 0 Å². The maximum absolute atomic E-state index is 3.24. The van der Waals surface area contributed by atoms with Crippen molar-refractivity contribution in [2.45, 2.75) is 60.8 Å². The molecule has 0 heterocycles. The summed E-state index contributed by atoms with van der Waals surface area (Å²) in [6.07, 6.45) is 19.4. The Morgan fingerprint density at radius 2 is 0.968 bits per heavy atom. The molecule has 0 N–H and O–H groups in total. The summed E-state index contributed by atoms with van der Waals surface area (Å²) in [4.78, 5) is 0. The first kappa shape index (κ1) is 22.3. The van der Waals surface area contributed by atoms with Crippen LogP contribution in [-0.2, 0) is 16.6 Å². The van der Waals surface area contributed by atoms with Crippen LogP contribution in [0, 0.1) is 0 Å². The summed E-state index contributed by atoms with van der Waals surface area (Å²) < 4.78 is 3.43. The first-order valence-corrected chi connectivity index (χ1v) is 15.2. The molecule has 0 spiro atoms. The summed E-state index contributed by atoms with van der Waals surface area (Å²) in [7, 11) is 0. The molecule has 0 saturated heterocycles. The van der Waals surface area contributed by atoms with Crippen LogP contribution in [0.4, 0.5) is 0 Å². The summed E-state index contributed by atoms with van der Waals surface area (Å²) in [6.45, 7) is 9.57. The van der Waals surface area contributed by atoms with Gasteiger partial charge < -0.3 is 0 Å². The first-order valence-electron chi connectivity index (χ1n) is 12.1. The zero-order valence-electron chi connectivity index (χ0n) is 19.6. The van der Waals surface area contributed by atoms with Crippen LogP contribution in [0.1, 0.15) is 53.4 Å². The summed E-state index contributed by atoms with van der Waals surface area (Å²) >= 11 is -3.24. The SMILES string of the molecule is CCC1=CC=C[C]1(CC)[Ti]([c]1ccccc1)([c]1ccccc1)[C]1(CC)C=CC=C1CC. The molecule has 1 heteroatoms. The van der Waals surface area contributed by atoms with Crippen LogP contribution < -0.4 is 7.74 Å². The molecule has 2 aromatic carbocycles. The van der Waals surface area contributed by atoms with Gasteiger partial charge >= 0.3 is 193 Å². The molecule has 2 atom stereocenters. The van der Waals surface area contributed by atoms with Gasteiger partial charge in [0.1, 0.15) is 0 Å². The second-order valence-corrected chi connectivity index (χ2v) is 15.9. The number of hydrogen-bond acceptors (Lipinski definition) is 0. The van der Waals surface area contributed by atoms with Crippen molar-refractivity contribution in [3.8, 4) is 0 Å². The molecule has 0 radical (unpaired) electrons. The topological polar surface area (TPSA) is 0 Å². The van der Waals surface area contributed by atoms with Gasteiger partial charge in [-0.25, -0.2) is 0 Å². The molecule has 2 unspecified atom stereocenters. The molecule has 2 aromatic rings. The maximum atomic E-state index is 2.61. The van der Waals surface area contributed by atoms with Gasteiger partial charge in [0.05, 0.1) is 0 Å². The third-order valence-corrected chi connectivity index (χ3v) is 18.7. The molecular weight excluding hydrogens is 408 g/mol. The van der Waals surface area contributed by atoms with E-state index in [0.717, 1.165) is 25.7 Å². The molecule has 0 amide bonds. The molecule has 31 heavy (non-hydrogen) atoms. The van der Waals surface area contributed by atoms with Gasteiger partial charge in [0.25, 0.3) is 0 Å². The van der Waals surface area contributed by atoms with Crippen molar-refractivity contribution < 1.29 is 16.6 Å². The van der Waals surface area contributed by atoms with Gasteiger partial charge in [-0.3, -0.25) is 0 Å². The van der Waals surface area contributed by atoms with Crippen LogP contribution >= 0.6 is 0 Å². The van der Waals surface area contributed by atoms with Gasteiger partial charge in [0.15, 0.2) is 0 Å². The van der Waals surface area contributed by atoms with Crippen molar-refractivity contribution >= 4 is 7.74 Å². The van der Waals surface area contributed by atoms with Crippen LogP contribution in [0.5, 0.6) is 0 Å². The predicted octanol–water partition coefficient (Wildman–Crippen LogP) is 7.74. The Balaban J connectivity index is 2.23. The van der Waals surface area contributed by atoms with Crippen LogP contribution in [0.3, 0.4) is 0 Å². The molecule has 0 fully saturated rings. The fourth-order valence-electron chi connectivity index (χ4n) is 6.96. The predicted molar refractivity (Wildman–Crippen MR) is 133 cm³/mol. The molecule has 0 aromatic heterocycles. The molecule has 160 valence electrons. The Morgan fingerprint density at radius 1 is 0.581 bits per heavy atom. The van der Waals surface area contributed by atoms with Crippen molar-refractivity contribution in [2.24, 2.45) is 0 Å². The summed E-state index contributed by atoms with van der Waals surface area (Å²) in [6, 6.07) is 23.3. The van der Waals surface area contributed by atoms with E-state index in [-0.39, 0.29) is 7.44 Å². The molecule has 0 saturated carbocycles. The van der Waals surface area contributed by atoms with Crippen LogP contribution in [0.25, 0.3) is 0 Å². The molecule has 2 aliphatic carbocycles. The molecular formula is C30H36Ti. The fraction of sp³-hybridized carbons (Fsp3) is 0.333. The second kappa shape index (κ2) is 8.93. The number of rotatable bonds is 8. The Morgan fingerprint density at radius 3 is 1.29 bits per heavy atom. The van der Waals surface area contributed by atoms with Gasteiger partial charge in [0, 0.05) is 0 Å². The normalized spacial score (nSPS) is 25.0. The average Bonchev–Trinajstić information content (AvgIpc) is 3.46. The Bertz CT molecular complexity index is 939. The number of hydrogen-bond donors (Lipinski definition) is 0. The van der Waals surface area contributed by atoms with E-state index in [2.05, 4.69) is 125 Å². The molecule has 0 aliphatic heterocycles. The van der Waals surface area contributed by atoms with Crippen molar-refractivity contribution in [2.75, 3.05) is 0 Å². The average molecular weight is 444 g/mol. The monoisotopic (exact) mass is 444 g/mol. The van der Waals surface area contributed by atoms with Gasteiger partial charge in [-0.2, -0.15) is 0 Å². The van der Waals surface area contributed by atoms with E-state index in [0.29, 0.717) is 0 Å². The first-order chi connectivity index (χ1) is 15.2. The zero-order chi connectivity index (χ0) is 22.0. The van der Waals surface area contributed by atoms with Crippen molar-refractivity contribution in [1.82, 2.24) is 0 Å². The molecule has 0 bridgehead atoms. The van der Waals surface area contributed by atoms with Crippen LogP contribution in [-0.4, -0.2) is 0 Å². The molecule has 2 aliphatic rings. The van der Waals surface area contributed by atoms with E-state index >= 15 is 0 Å². The summed E-state index contributed by atoms with van der Waals surface area (Å²) in [5.41, 5.74) is 3.26. The third kappa shape index (κ3) is 2.99. The van der Waals surface area contributed by atoms with Crippen LogP contribution in [0.2, 0.25) is 7.44 Å². The quantitative estimate of drug-likeness (QED) is 0.365. The Hall–Kier alpha value is -1.89. The minimum atomic E-state index is -3.24. The van der Waals surface area contributed by atoms with Crippen molar-refractivity contribution in [3.05, 3.63) is 108 Å². The minimum absolute atomic E-state index is 0.108. The number of benzene rings is 2. The van der Waals surface area contributed by atoms with E-state index in [4.69, 9.17) is 0 Å². The van der Waals surface area contributed by atoms with Crippen molar-refractivity contribution in [1.29, 1.82) is 0 Å². The van der Waals surface area contributed by atoms with E-state index in [1.165, 1.54) is 0 Å². The molecule has 0 nitrogen and oxygen atoms in total. The Labute approximate surface area is 192 Å². The Kier molecular flexibility index (Phi) is 6.43. The standard InChI is InChI=1S/2C9H13.2C6H5.Ti/c2*1-3-8-6-5-7-9(8)4-2;2*1-2-4-6-5-3-1;/h2*5-7H,3-4H2,1-2H3;2*1-5H;. The molecule has 4 rings (SSSR count). The summed E-state index contributed by atoms with van der Waals surface area (Å²) in [5.74, 6) is 0. The number of allylic oxidation sites excluding steroid dienone is 8. The van der Waals surface area contributed by atoms with Gasteiger partial charge in [-0.1, -0.05) is 0 Å². The fourth-order valence-corrected chi connectivity index (χ4v) is 19.2. The van der Waals surface area contributed by atoms with E-state index < -0.39 is 16.6 Å². The third-order valence-electron chi connectivity index (χ3n) is 8.13.